The van der Waals surface area contributed by atoms with Crippen molar-refractivity contribution in [3.63, 3.8) is 0 Å². The maximum absolute atomic E-state index is 5.59. The van der Waals surface area contributed by atoms with Crippen molar-refractivity contribution in [3.8, 4) is 5.75 Å². The lowest BCUT2D eigenvalue weighted by atomic mass is 10.1. The Hall–Kier alpha value is -1.45. The molecule has 0 unspecified atom stereocenters. The van der Waals surface area contributed by atoms with Crippen LogP contribution >= 0.6 is 11.8 Å². The molecule has 0 aromatic heterocycles. The van der Waals surface area contributed by atoms with Crippen LogP contribution in [0.4, 0.5) is 0 Å². The molecule has 0 aliphatic rings. The third-order valence-corrected chi connectivity index (χ3v) is 4.49. The maximum Gasteiger partial charge on any atom is 0.122 e. The summed E-state index contributed by atoms with van der Waals surface area (Å²) in [6.07, 6.45) is 2.06. The second-order valence-electron chi connectivity index (χ2n) is 5.14. The molecule has 0 spiro atoms. The van der Waals surface area contributed by atoms with Gasteiger partial charge in [0.25, 0.3) is 0 Å². The number of rotatable bonds is 7. The molecule has 2 rings (SSSR count). The van der Waals surface area contributed by atoms with Gasteiger partial charge in [-0.1, -0.05) is 29.8 Å². The zero-order chi connectivity index (χ0) is 15.1. The highest BCUT2D eigenvalue weighted by atomic mass is 32.2. The monoisotopic (exact) mass is 301 g/mol. The molecule has 0 atom stereocenters. The Morgan fingerprint density at radius 3 is 2.52 bits per heavy atom. The summed E-state index contributed by atoms with van der Waals surface area (Å²) in [7, 11) is 1.73. The predicted octanol–water partition coefficient (Wildman–Crippen LogP) is 4.19. The van der Waals surface area contributed by atoms with E-state index in [0.717, 1.165) is 30.9 Å². The van der Waals surface area contributed by atoms with Crippen molar-refractivity contribution < 1.29 is 4.74 Å². The minimum atomic E-state index is 0.736. The van der Waals surface area contributed by atoms with Crippen LogP contribution in [0.15, 0.2) is 47.4 Å². The van der Waals surface area contributed by atoms with Crippen LogP contribution in [0.2, 0.25) is 0 Å². The standard InChI is InChI=1S/C18H23NOS/c1-14-5-8-17(9-6-14)21-13-16-12-15(4-3-11-19)7-10-18(16)20-2/h5-10,12H,3-4,11,13,19H2,1-2H3. The molecule has 0 bridgehead atoms. The summed E-state index contributed by atoms with van der Waals surface area (Å²) in [5, 5.41) is 0. The predicted molar refractivity (Wildman–Crippen MR) is 91.1 cm³/mol. The average molecular weight is 301 g/mol. The Balaban J connectivity index is 2.07. The highest BCUT2D eigenvalue weighted by molar-refractivity contribution is 7.98. The largest absolute Gasteiger partial charge is 0.496 e. The lowest BCUT2D eigenvalue weighted by Crippen LogP contribution is -2.01. The van der Waals surface area contributed by atoms with Gasteiger partial charge < -0.3 is 10.5 Å². The van der Waals surface area contributed by atoms with E-state index in [1.54, 1.807) is 7.11 Å². The molecule has 0 aliphatic heterocycles. The fraction of sp³-hybridized carbons (Fsp3) is 0.333. The highest BCUT2D eigenvalue weighted by Crippen LogP contribution is 2.29. The molecule has 2 aromatic carbocycles. The number of benzene rings is 2. The van der Waals surface area contributed by atoms with Crippen LogP contribution < -0.4 is 10.5 Å². The smallest absolute Gasteiger partial charge is 0.122 e. The van der Waals surface area contributed by atoms with Gasteiger partial charge in [0.1, 0.15) is 5.75 Å². The summed E-state index contributed by atoms with van der Waals surface area (Å²) in [6, 6.07) is 15.1. The molecule has 2 aromatic rings. The summed E-state index contributed by atoms with van der Waals surface area (Å²) in [5.41, 5.74) is 9.46. The Morgan fingerprint density at radius 2 is 1.86 bits per heavy atom. The van der Waals surface area contributed by atoms with Crippen LogP contribution in [0.1, 0.15) is 23.1 Å². The molecule has 0 radical (unpaired) electrons. The Bertz CT molecular complexity index is 566. The molecule has 0 saturated heterocycles. The van der Waals surface area contributed by atoms with Gasteiger partial charge in [0.05, 0.1) is 7.11 Å². The van der Waals surface area contributed by atoms with Gasteiger partial charge >= 0.3 is 0 Å². The molecule has 0 fully saturated rings. The number of methoxy groups -OCH3 is 1. The van der Waals surface area contributed by atoms with Crippen LogP contribution in [0, 0.1) is 6.92 Å². The van der Waals surface area contributed by atoms with Gasteiger partial charge in [-0.3, -0.25) is 0 Å². The first-order chi connectivity index (χ1) is 10.2. The lowest BCUT2D eigenvalue weighted by Gasteiger charge is -2.11. The first kappa shape index (κ1) is 15.9. The van der Waals surface area contributed by atoms with E-state index in [2.05, 4.69) is 49.4 Å². The van der Waals surface area contributed by atoms with E-state index in [9.17, 15) is 0 Å². The van der Waals surface area contributed by atoms with E-state index in [1.165, 1.54) is 21.6 Å². The average Bonchev–Trinajstić information content (AvgIpc) is 2.52. The third-order valence-electron chi connectivity index (χ3n) is 3.43. The van der Waals surface area contributed by atoms with Crippen molar-refractivity contribution in [1.82, 2.24) is 0 Å². The van der Waals surface area contributed by atoms with Crippen LogP contribution in [0.25, 0.3) is 0 Å². The van der Waals surface area contributed by atoms with Crippen LogP contribution in [0.5, 0.6) is 5.75 Å². The Morgan fingerprint density at radius 1 is 1.10 bits per heavy atom. The number of hydrogen-bond donors (Lipinski definition) is 1. The summed E-state index contributed by atoms with van der Waals surface area (Å²) >= 11 is 1.84. The van der Waals surface area contributed by atoms with Gasteiger partial charge in [0.15, 0.2) is 0 Å². The van der Waals surface area contributed by atoms with Crippen molar-refractivity contribution in [1.29, 1.82) is 0 Å². The van der Waals surface area contributed by atoms with E-state index in [0.29, 0.717) is 0 Å². The second kappa shape index (κ2) is 8.11. The van der Waals surface area contributed by atoms with Gasteiger partial charge in [-0.05, 0) is 50.1 Å². The van der Waals surface area contributed by atoms with Crippen molar-refractivity contribution in [3.05, 3.63) is 59.2 Å². The molecular formula is C18H23NOS. The SMILES string of the molecule is COc1ccc(CCCN)cc1CSc1ccc(C)cc1. The van der Waals surface area contributed by atoms with E-state index in [-0.39, 0.29) is 0 Å². The van der Waals surface area contributed by atoms with Crippen LogP contribution in [0.3, 0.4) is 0 Å². The molecule has 0 heterocycles. The number of aryl methyl sites for hydroxylation is 2. The van der Waals surface area contributed by atoms with E-state index in [4.69, 9.17) is 10.5 Å². The van der Waals surface area contributed by atoms with Gasteiger partial charge in [0, 0.05) is 16.2 Å². The fourth-order valence-corrected chi connectivity index (χ4v) is 3.08. The quantitative estimate of drug-likeness (QED) is 0.779. The summed E-state index contributed by atoms with van der Waals surface area (Å²) < 4.78 is 5.47. The van der Waals surface area contributed by atoms with Gasteiger partial charge in [0.2, 0.25) is 0 Å². The molecule has 0 saturated carbocycles. The normalized spacial score (nSPS) is 10.6. The summed E-state index contributed by atoms with van der Waals surface area (Å²) in [5.74, 6) is 1.88. The van der Waals surface area contributed by atoms with Crippen molar-refractivity contribution >= 4 is 11.8 Å². The zero-order valence-corrected chi connectivity index (χ0v) is 13.6. The molecule has 2 nitrogen and oxygen atoms in total. The van der Waals surface area contributed by atoms with E-state index < -0.39 is 0 Å². The Kier molecular flexibility index (Phi) is 6.15. The maximum atomic E-state index is 5.59. The first-order valence-corrected chi connectivity index (χ1v) is 8.27. The molecule has 0 amide bonds. The zero-order valence-electron chi connectivity index (χ0n) is 12.8. The first-order valence-electron chi connectivity index (χ1n) is 7.28. The second-order valence-corrected chi connectivity index (χ2v) is 6.19. The molecular weight excluding hydrogens is 278 g/mol. The fourth-order valence-electron chi connectivity index (χ4n) is 2.20. The highest BCUT2D eigenvalue weighted by Gasteiger charge is 2.06. The Labute approximate surface area is 131 Å². The van der Waals surface area contributed by atoms with Crippen LogP contribution in [-0.4, -0.2) is 13.7 Å². The van der Waals surface area contributed by atoms with Crippen LogP contribution in [-0.2, 0) is 12.2 Å². The number of ether oxygens (including phenoxy) is 1. The van der Waals surface area contributed by atoms with Crippen molar-refractivity contribution in [2.24, 2.45) is 5.73 Å². The minimum Gasteiger partial charge on any atom is -0.496 e. The van der Waals surface area contributed by atoms with E-state index >= 15 is 0 Å². The topological polar surface area (TPSA) is 35.2 Å². The van der Waals surface area contributed by atoms with Gasteiger partial charge in [-0.25, -0.2) is 0 Å². The van der Waals surface area contributed by atoms with Crippen molar-refractivity contribution in [2.45, 2.75) is 30.4 Å². The molecule has 0 aliphatic carbocycles. The third kappa shape index (κ3) is 4.80. The lowest BCUT2D eigenvalue weighted by molar-refractivity contribution is 0.411. The molecule has 21 heavy (non-hydrogen) atoms. The number of hydrogen-bond acceptors (Lipinski definition) is 3. The molecule has 2 N–H and O–H groups in total. The minimum absolute atomic E-state index is 0.736. The van der Waals surface area contributed by atoms with Gasteiger partial charge in [-0.2, -0.15) is 0 Å². The van der Waals surface area contributed by atoms with Crippen molar-refractivity contribution in [2.75, 3.05) is 13.7 Å². The number of nitrogens with two attached hydrogens (primary N) is 1. The molecule has 112 valence electrons. The molecule has 3 heteroatoms. The van der Waals surface area contributed by atoms with E-state index in [1.807, 2.05) is 11.8 Å². The number of thioether (sulfide) groups is 1. The summed E-state index contributed by atoms with van der Waals surface area (Å²) in [6.45, 7) is 2.85. The van der Waals surface area contributed by atoms with Gasteiger partial charge in [-0.15, -0.1) is 11.8 Å². The summed E-state index contributed by atoms with van der Waals surface area (Å²) in [4.78, 5) is 1.29.